The van der Waals surface area contributed by atoms with Crippen LogP contribution in [0.2, 0.25) is 5.02 Å². The van der Waals surface area contributed by atoms with Gasteiger partial charge < -0.3 is 5.32 Å². The maximum atomic E-state index is 12.2. The van der Waals surface area contributed by atoms with E-state index in [1.165, 1.54) is 0 Å². The van der Waals surface area contributed by atoms with E-state index in [1.54, 1.807) is 24.3 Å². The van der Waals surface area contributed by atoms with Crippen molar-refractivity contribution >= 4 is 34.0 Å². The van der Waals surface area contributed by atoms with Gasteiger partial charge in [0.05, 0.1) is 0 Å². The summed E-state index contributed by atoms with van der Waals surface area (Å²) in [6.07, 6.45) is 0. The molecule has 0 heterocycles. The second-order valence-corrected chi connectivity index (χ2v) is 4.93. The van der Waals surface area contributed by atoms with Crippen LogP contribution in [0.15, 0.2) is 66.7 Å². The van der Waals surface area contributed by atoms with Gasteiger partial charge in [0.1, 0.15) is 0 Å². The number of hydrogen-bond acceptors (Lipinski definition) is 1. The van der Waals surface area contributed by atoms with Crippen LogP contribution in [-0.4, -0.2) is 5.91 Å². The fourth-order valence-corrected chi connectivity index (χ4v) is 2.35. The molecule has 0 aromatic heterocycles. The van der Waals surface area contributed by atoms with E-state index in [4.69, 9.17) is 11.6 Å². The molecule has 3 aromatic carbocycles. The summed E-state index contributed by atoms with van der Waals surface area (Å²) in [7, 11) is 0. The Bertz CT molecular complexity index is 777. The zero-order valence-corrected chi connectivity index (χ0v) is 11.4. The Kier molecular flexibility index (Phi) is 3.40. The standard InChI is InChI=1S/C17H12ClNO/c18-14-8-3-7-13(11-14)17(20)19-16-10-4-6-12-5-1-2-9-15(12)16/h1-11H,(H,19,20). The van der Waals surface area contributed by atoms with Gasteiger partial charge in [-0.15, -0.1) is 0 Å². The Morgan fingerprint density at radius 1 is 0.900 bits per heavy atom. The highest BCUT2D eigenvalue weighted by atomic mass is 35.5. The third-order valence-corrected chi connectivity index (χ3v) is 3.36. The van der Waals surface area contributed by atoms with Crippen molar-refractivity contribution in [2.75, 3.05) is 5.32 Å². The van der Waals surface area contributed by atoms with Crippen molar-refractivity contribution in [3.63, 3.8) is 0 Å². The molecule has 0 unspecified atom stereocenters. The first kappa shape index (κ1) is 12.7. The lowest BCUT2D eigenvalue weighted by molar-refractivity contribution is 0.102. The highest BCUT2D eigenvalue weighted by Gasteiger charge is 2.08. The first-order valence-electron chi connectivity index (χ1n) is 6.29. The van der Waals surface area contributed by atoms with Gasteiger partial charge in [0.15, 0.2) is 0 Å². The maximum Gasteiger partial charge on any atom is 0.255 e. The van der Waals surface area contributed by atoms with E-state index in [1.807, 2.05) is 42.5 Å². The fraction of sp³-hybridized carbons (Fsp3) is 0. The molecular formula is C17H12ClNO. The van der Waals surface area contributed by atoms with Crippen molar-refractivity contribution in [2.45, 2.75) is 0 Å². The van der Waals surface area contributed by atoms with Crippen LogP contribution in [0.5, 0.6) is 0 Å². The number of nitrogens with one attached hydrogen (secondary N) is 1. The van der Waals surface area contributed by atoms with Crippen LogP contribution in [0.4, 0.5) is 5.69 Å². The summed E-state index contributed by atoms with van der Waals surface area (Å²) in [4.78, 5) is 12.2. The second kappa shape index (κ2) is 5.35. The van der Waals surface area contributed by atoms with Gasteiger partial charge in [-0.2, -0.15) is 0 Å². The number of rotatable bonds is 2. The summed E-state index contributed by atoms with van der Waals surface area (Å²) < 4.78 is 0. The Morgan fingerprint density at radius 3 is 2.50 bits per heavy atom. The molecule has 0 aliphatic heterocycles. The Morgan fingerprint density at radius 2 is 1.65 bits per heavy atom. The summed E-state index contributed by atoms with van der Waals surface area (Å²) in [5, 5.41) is 5.60. The molecule has 1 amide bonds. The smallest absolute Gasteiger partial charge is 0.255 e. The molecule has 0 atom stereocenters. The van der Waals surface area contributed by atoms with E-state index >= 15 is 0 Å². The lowest BCUT2D eigenvalue weighted by Gasteiger charge is -2.09. The molecule has 3 rings (SSSR count). The molecule has 0 saturated carbocycles. The number of benzene rings is 3. The van der Waals surface area contributed by atoms with Gasteiger partial charge in [0, 0.05) is 21.7 Å². The predicted molar refractivity (Wildman–Crippen MR) is 83.4 cm³/mol. The lowest BCUT2D eigenvalue weighted by Crippen LogP contribution is -2.11. The molecule has 0 aliphatic rings. The number of amides is 1. The molecule has 0 bridgehead atoms. The van der Waals surface area contributed by atoms with E-state index in [-0.39, 0.29) is 5.91 Å². The number of hydrogen-bond donors (Lipinski definition) is 1. The van der Waals surface area contributed by atoms with Crippen LogP contribution in [0.3, 0.4) is 0 Å². The predicted octanol–water partition coefficient (Wildman–Crippen LogP) is 4.75. The normalized spacial score (nSPS) is 10.4. The van der Waals surface area contributed by atoms with Gasteiger partial charge in [-0.05, 0) is 29.7 Å². The van der Waals surface area contributed by atoms with Crippen LogP contribution in [0.25, 0.3) is 10.8 Å². The van der Waals surface area contributed by atoms with Crippen molar-refractivity contribution in [1.29, 1.82) is 0 Å². The van der Waals surface area contributed by atoms with E-state index < -0.39 is 0 Å². The average molecular weight is 282 g/mol. The molecule has 2 nitrogen and oxygen atoms in total. The molecule has 1 N–H and O–H groups in total. The van der Waals surface area contributed by atoms with Crippen LogP contribution < -0.4 is 5.32 Å². The van der Waals surface area contributed by atoms with Gasteiger partial charge in [0.25, 0.3) is 5.91 Å². The summed E-state index contributed by atoms with van der Waals surface area (Å²) in [5.74, 6) is -0.163. The summed E-state index contributed by atoms with van der Waals surface area (Å²) in [6, 6.07) is 20.7. The number of anilines is 1. The topological polar surface area (TPSA) is 29.1 Å². The van der Waals surface area contributed by atoms with Gasteiger partial charge in [-0.3, -0.25) is 4.79 Å². The van der Waals surface area contributed by atoms with Crippen molar-refractivity contribution in [2.24, 2.45) is 0 Å². The van der Waals surface area contributed by atoms with Gasteiger partial charge in [-0.1, -0.05) is 54.1 Å². The van der Waals surface area contributed by atoms with E-state index in [9.17, 15) is 4.79 Å². The van der Waals surface area contributed by atoms with Crippen LogP contribution in [-0.2, 0) is 0 Å². The molecule has 3 heteroatoms. The highest BCUT2D eigenvalue weighted by Crippen LogP contribution is 2.23. The van der Waals surface area contributed by atoms with Crippen molar-refractivity contribution < 1.29 is 4.79 Å². The van der Waals surface area contributed by atoms with Gasteiger partial charge in [0.2, 0.25) is 0 Å². The van der Waals surface area contributed by atoms with Crippen molar-refractivity contribution in [3.05, 3.63) is 77.3 Å². The Hall–Kier alpha value is -2.32. The third kappa shape index (κ3) is 2.51. The van der Waals surface area contributed by atoms with Crippen LogP contribution in [0, 0.1) is 0 Å². The Labute approximate surface area is 122 Å². The minimum Gasteiger partial charge on any atom is -0.321 e. The number of carbonyl (C=O) groups is 1. The average Bonchev–Trinajstić information content (AvgIpc) is 2.47. The molecule has 0 saturated heterocycles. The lowest BCUT2D eigenvalue weighted by atomic mass is 10.1. The molecule has 3 aromatic rings. The zero-order chi connectivity index (χ0) is 13.9. The molecule has 0 spiro atoms. The molecule has 0 radical (unpaired) electrons. The van der Waals surface area contributed by atoms with E-state index in [0.29, 0.717) is 10.6 Å². The molecule has 0 aliphatic carbocycles. The maximum absolute atomic E-state index is 12.2. The second-order valence-electron chi connectivity index (χ2n) is 4.49. The van der Waals surface area contributed by atoms with Gasteiger partial charge >= 0.3 is 0 Å². The largest absolute Gasteiger partial charge is 0.321 e. The summed E-state index contributed by atoms with van der Waals surface area (Å²) in [6.45, 7) is 0. The highest BCUT2D eigenvalue weighted by molar-refractivity contribution is 6.31. The number of halogens is 1. The summed E-state index contributed by atoms with van der Waals surface area (Å²) >= 11 is 5.91. The summed E-state index contributed by atoms with van der Waals surface area (Å²) in [5.41, 5.74) is 1.35. The van der Waals surface area contributed by atoms with Gasteiger partial charge in [-0.25, -0.2) is 0 Å². The molecule has 0 fully saturated rings. The van der Waals surface area contributed by atoms with Crippen LogP contribution >= 0.6 is 11.6 Å². The van der Waals surface area contributed by atoms with Crippen molar-refractivity contribution in [1.82, 2.24) is 0 Å². The van der Waals surface area contributed by atoms with E-state index in [2.05, 4.69) is 5.32 Å². The Balaban J connectivity index is 1.95. The molecular weight excluding hydrogens is 270 g/mol. The molecule has 20 heavy (non-hydrogen) atoms. The first-order chi connectivity index (χ1) is 9.74. The van der Waals surface area contributed by atoms with E-state index in [0.717, 1.165) is 16.5 Å². The number of fused-ring (bicyclic) bond motifs is 1. The fourth-order valence-electron chi connectivity index (χ4n) is 2.16. The quantitative estimate of drug-likeness (QED) is 0.722. The van der Waals surface area contributed by atoms with Crippen molar-refractivity contribution in [3.8, 4) is 0 Å². The minimum absolute atomic E-state index is 0.163. The minimum atomic E-state index is -0.163. The molecule has 98 valence electrons. The SMILES string of the molecule is O=C(Nc1cccc2ccccc12)c1cccc(Cl)c1. The first-order valence-corrected chi connectivity index (χ1v) is 6.66. The monoisotopic (exact) mass is 281 g/mol. The third-order valence-electron chi connectivity index (χ3n) is 3.12. The number of carbonyl (C=O) groups excluding carboxylic acids is 1. The zero-order valence-electron chi connectivity index (χ0n) is 10.6. The van der Waals surface area contributed by atoms with Crippen LogP contribution in [0.1, 0.15) is 10.4 Å².